The highest BCUT2D eigenvalue weighted by Crippen LogP contribution is 2.21. The van der Waals surface area contributed by atoms with Crippen molar-refractivity contribution in [1.82, 2.24) is 10.2 Å². The summed E-state index contributed by atoms with van der Waals surface area (Å²) in [6, 6.07) is 7.14. The fourth-order valence-electron chi connectivity index (χ4n) is 2.40. The number of hydrogen-bond donors (Lipinski definition) is 1. The average Bonchev–Trinajstić information content (AvgIpc) is 2.74. The summed E-state index contributed by atoms with van der Waals surface area (Å²) in [5, 5.41) is 4.42. The molecule has 94 valence electrons. The second kappa shape index (κ2) is 5.85. The summed E-state index contributed by atoms with van der Waals surface area (Å²) in [4.78, 5) is 2.14. The van der Waals surface area contributed by atoms with Gasteiger partial charge in [-0.15, -0.1) is 0 Å². The normalized spacial score (nSPS) is 20.1. The highest BCUT2D eigenvalue weighted by Gasteiger charge is 2.14. The van der Waals surface area contributed by atoms with Crippen molar-refractivity contribution in [1.29, 1.82) is 0 Å². The van der Waals surface area contributed by atoms with Gasteiger partial charge in [-0.05, 0) is 57.1 Å². The smallest absolute Gasteiger partial charge is 0.0453 e. The second-order valence-corrected chi connectivity index (χ2v) is 5.57. The van der Waals surface area contributed by atoms with Crippen molar-refractivity contribution in [2.24, 2.45) is 0 Å². The monoisotopic (exact) mass is 252 g/mol. The van der Waals surface area contributed by atoms with Crippen LogP contribution in [0.2, 0.25) is 5.02 Å². The third-order valence-electron chi connectivity index (χ3n) is 3.25. The van der Waals surface area contributed by atoms with E-state index in [1.807, 2.05) is 0 Å². The van der Waals surface area contributed by atoms with Crippen LogP contribution >= 0.6 is 11.6 Å². The fraction of sp³-hybridized carbons (Fsp3) is 0.571. The maximum Gasteiger partial charge on any atom is 0.0453 e. The standard InChI is InChI=1S/C14H21ClN2/c1-17(2)10-12-6-5-11(9-14(12)15)8-13-4-3-7-16-13/h5-6,9,13,16H,3-4,7-8,10H2,1-2H3. The van der Waals surface area contributed by atoms with Gasteiger partial charge in [0.05, 0.1) is 0 Å². The first-order valence-electron chi connectivity index (χ1n) is 6.30. The third-order valence-corrected chi connectivity index (χ3v) is 3.60. The summed E-state index contributed by atoms with van der Waals surface area (Å²) < 4.78 is 0. The third kappa shape index (κ3) is 3.70. The van der Waals surface area contributed by atoms with Crippen LogP contribution in [0, 0.1) is 0 Å². The molecule has 1 aromatic carbocycles. The lowest BCUT2D eigenvalue weighted by Gasteiger charge is -2.14. The molecule has 3 heteroatoms. The number of rotatable bonds is 4. The van der Waals surface area contributed by atoms with E-state index in [2.05, 4.69) is 42.5 Å². The first kappa shape index (κ1) is 12.9. The van der Waals surface area contributed by atoms with Crippen LogP contribution < -0.4 is 5.32 Å². The number of hydrogen-bond acceptors (Lipinski definition) is 2. The van der Waals surface area contributed by atoms with Crippen molar-refractivity contribution in [3.05, 3.63) is 34.3 Å². The van der Waals surface area contributed by atoms with Crippen molar-refractivity contribution in [2.75, 3.05) is 20.6 Å². The number of benzene rings is 1. The van der Waals surface area contributed by atoms with Gasteiger partial charge in [-0.2, -0.15) is 0 Å². The Morgan fingerprint density at radius 2 is 2.24 bits per heavy atom. The van der Waals surface area contributed by atoms with Crippen LogP contribution in [0.5, 0.6) is 0 Å². The Hall–Kier alpha value is -0.570. The molecule has 1 fully saturated rings. The minimum atomic E-state index is 0.644. The van der Waals surface area contributed by atoms with E-state index in [0.29, 0.717) is 6.04 Å². The molecule has 0 amide bonds. The minimum absolute atomic E-state index is 0.644. The Labute approximate surface area is 109 Å². The molecular weight excluding hydrogens is 232 g/mol. The van der Waals surface area contributed by atoms with Crippen molar-refractivity contribution in [2.45, 2.75) is 31.8 Å². The van der Waals surface area contributed by atoms with E-state index < -0.39 is 0 Å². The summed E-state index contributed by atoms with van der Waals surface area (Å²) in [5.74, 6) is 0. The molecule has 1 aromatic rings. The van der Waals surface area contributed by atoms with Gasteiger partial charge in [0.1, 0.15) is 0 Å². The van der Waals surface area contributed by atoms with E-state index >= 15 is 0 Å². The molecule has 0 aromatic heterocycles. The van der Waals surface area contributed by atoms with E-state index in [1.54, 1.807) is 0 Å². The number of halogens is 1. The van der Waals surface area contributed by atoms with Gasteiger partial charge in [0.25, 0.3) is 0 Å². The van der Waals surface area contributed by atoms with Crippen LogP contribution in [0.3, 0.4) is 0 Å². The lowest BCUT2D eigenvalue weighted by Crippen LogP contribution is -2.23. The highest BCUT2D eigenvalue weighted by molar-refractivity contribution is 6.31. The van der Waals surface area contributed by atoms with Crippen molar-refractivity contribution in [3.63, 3.8) is 0 Å². The van der Waals surface area contributed by atoms with E-state index in [1.165, 1.54) is 24.0 Å². The average molecular weight is 253 g/mol. The van der Waals surface area contributed by atoms with Gasteiger partial charge in [-0.25, -0.2) is 0 Å². The fourth-order valence-corrected chi connectivity index (χ4v) is 2.67. The van der Waals surface area contributed by atoms with Gasteiger partial charge in [-0.1, -0.05) is 23.7 Å². The SMILES string of the molecule is CN(C)Cc1ccc(CC2CCCN2)cc1Cl. The van der Waals surface area contributed by atoms with Crippen molar-refractivity contribution in [3.8, 4) is 0 Å². The maximum absolute atomic E-state index is 6.31. The molecule has 2 nitrogen and oxygen atoms in total. The first-order valence-corrected chi connectivity index (χ1v) is 6.68. The molecule has 1 heterocycles. The molecule has 1 aliphatic rings. The molecule has 0 spiro atoms. The van der Waals surface area contributed by atoms with Crippen LogP contribution in [0.15, 0.2) is 18.2 Å². The highest BCUT2D eigenvalue weighted by atomic mass is 35.5. The summed E-state index contributed by atoms with van der Waals surface area (Å²) in [7, 11) is 4.12. The Kier molecular flexibility index (Phi) is 4.43. The molecule has 1 saturated heterocycles. The Balaban J connectivity index is 2.02. The van der Waals surface area contributed by atoms with Crippen LogP contribution in [0.1, 0.15) is 24.0 Å². The van der Waals surface area contributed by atoms with Gasteiger partial charge in [0, 0.05) is 17.6 Å². The van der Waals surface area contributed by atoms with E-state index in [0.717, 1.165) is 24.5 Å². The molecule has 1 aliphatic heterocycles. The van der Waals surface area contributed by atoms with Crippen LogP contribution in [-0.4, -0.2) is 31.6 Å². The second-order valence-electron chi connectivity index (χ2n) is 5.16. The first-order chi connectivity index (χ1) is 8.15. The molecule has 0 radical (unpaired) electrons. The zero-order valence-corrected chi connectivity index (χ0v) is 11.4. The molecule has 2 rings (SSSR count). The number of nitrogens with one attached hydrogen (secondary N) is 1. The zero-order valence-electron chi connectivity index (χ0n) is 10.7. The van der Waals surface area contributed by atoms with Crippen LogP contribution in [0.4, 0.5) is 0 Å². The molecule has 1 atom stereocenters. The summed E-state index contributed by atoms with van der Waals surface area (Å²) in [5.41, 5.74) is 2.55. The van der Waals surface area contributed by atoms with Gasteiger partial charge in [0.15, 0.2) is 0 Å². The van der Waals surface area contributed by atoms with Crippen molar-refractivity contribution < 1.29 is 0 Å². The molecular formula is C14H21ClN2. The quantitative estimate of drug-likeness (QED) is 0.887. The van der Waals surface area contributed by atoms with Gasteiger partial charge in [0.2, 0.25) is 0 Å². The van der Waals surface area contributed by atoms with E-state index in [-0.39, 0.29) is 0 Å². The summed E-state index contributed by atoms with van der Waals surface area (Å²) in [6.45, 7) is 2.07. The lowest BCUT2D eigenvalue weighted by molar-refractivity contribution is 0.402. The van der Waals surface area contributed by atoms with Gasteiger partial charge < -0.3 is 10.2 Å². The molecule has 0 saturated carbocycles. The predicted molar refractivity (Wildman–Crippen MR) is 73.6 cm³/mol. The molecule has 17 heavy (non-hydrogen) atoms. The lowest BCUT2D eigenvalue weighted by atomic mass is 10.0. The predicted octanol–water partition coefficient (Wildman–Crippen LogP) is 2.70. The Bertz CT molecular complexity index is 370. The number of nitrogens with zero attached hydrogens (tertiary/aromatic N) is 1. The van der Waals surface area contributed by atoms with Crippen LogP contribution in [0.25, 0.3) is 0 Å². The topological polar surface area (TPSA) is 15.3 Å². The molecule has 1 N–H and O–H groups in total. The Morgan fingerprint density at radius 1 is 1.41 bits per heavy atom. The van der Waals surface area contributed by atoms with E-state index in [9.17, 15) is 0 Å². The molecule has 0 bridgehead atoms. The molecule has 1 unspecified atom stereocenters. The van der Waals surface area contributed by atoms with Gasteiger partial charge in [-0.3, -0.25) is 0 Å². The largest absolute Gasteiger partial charge is 0.314 e. The zero-order chi connectivity index (χ0) is 12.3. The van der Waals surface area contributed by atoms with Gasteiger partial charge >= 0.3 is 0 Å². The van der Waals surface area contributed by atoms with Crippen molar-refractivity contribution >= 4 is 11.6 Å². The Morgan fingerprint density at radius 3 is 2.82 bits per heavy atom. The molecule has 0 aliphatic carbocycles. The minimum Gasteiger partial charge on any atom is -0.314 e. The summed E-state index contributed by atoms with van der Waals surface area (Å²) >= 11 is 6.31. The van der Waals surface area contributed by atoms with Crippen LogP contribution in [-0.2, 0) is 13.0 Å². The maximum atomic E-state index is 6.31. The summed E-state index contributed by atoms with van der Waals surface area (Å²) in [6.07, 6.45) is 3.69. The van der Waals surface area contributed by atoms with E-state index in [4.69, 9.17) is 11.6 Å².